The summed E-state index contributed by atoms with van der Waals surface area (Å²) in [6.45, 7) is 74.5. The average Bonchev–Trinajstić information content (AvgIpc) is 1.24. The van der Waals surface area contributed by atoms with Crippen molar-refractivity contribution < 1.29 is 43.2 Å². The summed E-state index contributed by atoms with van der Waals surface area (Å²) in [4.78, 5) is 44.5. The van der Waals surface area contributed by atoms with Crippen LogP contribution >= 0.6 is 27.0 Å². The summed E-state index contributed by atoms with van der Waals surface area (Å²) in [5.41, 5.74) is 18.3. The Morgan fingerprint density at radius 1 is 0.405 bits per heavy atom. The first-order valence-electron chi connectivity index (χ1n) is 61.2. The van der Waals surface area contributed by atoms with E-state index < -0.39 is 5.97 Å². The first kappa shape index (κ1) is 111. The molecule has 148 heavy (non-hydrogen) atoms. The molecule has 19 fully saturated rings. The molecule has 0 unspecified atom stereocenters. The zero-order valence-corrected chi connectivity index (χ0v) is 98.6. The van der Waals surface area contributed by atoms with Gasteiger partial charge in [0.05, 0.1) is 70.1 Å². The number of fused-ring (bicyclic) bond motifs is 27. The minimum Gasteiger partial charge on any atom is -0.481 e. The highest BCUT2D eigenvalue weighted by Gasteiger charge is 2.76. The second-order valence-corrected chi connectivity index (χ2v) is 59.4. The number of nitrogens with zero attached hydrogens (tertiary/aromatic N) is 3. The summed E-state index contributed by atoms with van der Waals surface area (Å²) >= 11 is 0. The number of allylic oxidation sites excluding steroid dienone is 15. The van der Waals surface area contributed by atoms with Gasteiger partial charge in [-0.05, 0) is 458 Å². The molecule has 25 aliphatic rings. The third-order valence-corrected chi connectivity index (χ3v) is 53.1. The van der Waals surface area contributed by atoms with Crippen LogP contribution in [0.15, 0.2) is 106 Å². The van der Waals surface area contributed by atoms with E-state index >= 15 is 0 Å². The smallest absolute Gasteiger partial charge is 0.308 e. The number of morpholine rings is 3. The van der Waals surface area contributed by atoms with Crippen LogP contribution < -0.4 is 16.0 Å². The van der Waals surface area contributed by atoms with Crippen LogP contribution in [0.25, 0.3) is 0 Å². The van der Waals surface area contributed by atoms with Gasteiger partial charge in [-0.15, -0.1) is 0 Å². The minimum atomic E-state index is -0.627. The van der Waals surface area contributed by atoms with Crippen molar-refractivity contribution in [2.45, 2.75) is 428 Å². The van der Waals surface area contributed by atoms with Crippen LogP contribution in [0.2, 0.25) is 0 Å². The van der Waals surface area contributed by atoms with Gasteiger partial charge >= 0.3 is 17.9 Å². The largest absolute Gasteiger partial charge is 0.481 e. The van der Waals surface area contributed by atoms with Gasteiger partial charge in [-0.2, -0.15) is 27.0 Å². The molecule has 7 saturated heterocycles. The quantitative estimate of drug-likeness (QED) is 0.0582. The molecule has 7 heterocycles. The molecule has 6 bridgehead atoms. The number of ether oxygens (including phenoxy) is 5. The molecule has 36 atom stereocenters. The van der Waals surface area contributed by atoms with Crippen molar-refractivity contribution in [1.82, 2.24) is 30.7 Å². The van der Waals surface area contributed by atoms with Gasteiger partial charge < -0.3 is 44.7 Å². The lowest BCUT2D eigenvalue weighted by Crippen LogP contribution is -2.68. The summed E-state index contributed by atoms with van der Waals surface area (Å²) in [6.07, 6.45) is 64.8. The van der Waals surface area contributed by atoms with Gasteiger partial charge in [0, 0.05) is 93.6 Å². The molecule has 0 radical (unpaired) electrons. The lowest BCUT2D eigenvalue weighted by molar-refractivity contribution is -0.224. The number of esters is 2. The minimum absolute atomic E-state index is 0. The second kappa shape index (κ2) is 40.4. The van der Waals surface area contributed by atoms with Gasteiger partial charge in [0.1, 0.15) is 0 Å². The van der Waals surface area contributed by atoms with Crippen molar-refractivity contribution in [2.75, 3.05) is 92.9 Å². The molecular formula is C131H206N6O9S2. The predicted molar refractivity (Wildman–Crippen MR) is 610 cm³/mol. The first-order valence-corrected chi connectivity index (χ1v) is 61.2. The summed E-state index contributed by atoms with van der Waals surface area (Å²) < 4.78 is 27.3. The maximum absolute atomic E-state index is 12.3. The molecule has 17 heteroatoms. The Kier molecular flexibility index (Phi) is 30.3. The topological polar surface area (TPSA) is 163 Å². The van der Waals surface area contributed by atoms with E-state index in [4.69, 9.17) is 23.7 Å². The second-order valence-electron chi connectivity index (χ2n) is 59.4. The third-order valence-electron chi connectivity index (χ3n) is 53.1. The van der Waals surface area contributed by atoms with Crippen molar-refractivity contribution in [2.24, 2.45) is 172 Å². The maximum atomic E-state index is 12.3. The van der Waals surface area contributed by atoms with Crippen molar-refractivity contribution in [1.29, 1.82) is 0 Å². The Morgan fingerprint density at radius 2 is 0.770 bits per heavy atom. The molecule has 18 aliphatic carbocycles. The third kappa shape index (κ3) is 17.4. The maximum Gasteiger partial charge on any atom is 0.308 e. The number of nitrogens with one attached hydrogen (secondary N) is 3. The Labute approximate surface area is 911 Å². The number of carboxylic acid groups (broad SMARTS) is 1. The fourth-order valence-electron chi connectivity index (χ4n) is 45.4. The van der Waals surface area contributed by atoms with Gasteiger partial charge in [0.25, 0.3) is 0 Å². The molecule has 4 N–H and O–H groups in total. The van der Waals surface area contributed by atoms with E-state index in [1.165, 1.54) is 266 Å². The normalized spacial score (nSPS) is 48.3. The Balaban J connectivity index is 0.000000129. The van der Waals surface area contributed by atoms with Crippen LogP contribution in [0.3, 0.4) is 0 Å². The number of aliphatic carboxylic acids is 1. The standard InChI is InChI=1S/C44H68N2O3.C43H66N2O3.C39H59NO2.C5H9NO.2H2S/c1-28(2)33-15-20-44(45-23-24-46-26-32-25-31(46)27-49-32)22-21-42(6)35(38(33)44)13-14-37-41(5)18-16-34(29-9-11-30(12-10-29)39(47)48-8)40(3,4)36(41)17-19-43(37,42)7;1-27(2)32-14-19-43(44-22-23-45-25-31-24-30(45)26-48-31)21-20-41(6)34(37(32)43)12-13-36-40(5)17-15-33(28-8-10-29(11-9-28)38(46)47)39(3,4)35(40)16-18-42(36,41)7;1-25(2)28-15-20-39(40-23-24-40)22-21-37(6)30(33(28)39)13-14-32-36(5)18-16-29(26-9-11-27(12-10-26)34(41)42-8)35(3,4)31(36)17-19-38(32,37)7;1-4-3-7-5(1)2-6-4;;/h9,16,30-33,35-38,45H,1,10-15,17-27H2,2-8H3;8,15,29-32,34-37,44H,1,9-14,16-26H2,2-7H3,(H,46,47);9,16,27-28,30-33H,1,10-15,17-24H2,2-8H3;4-6H,1-3H2;2*1H2/t30-,31+,32+,33+,35-,36+,37-,38-,41+,42-,43-,44+;29-,30+,31+,32+,34-,35+,36-,37-,40+,41-,42-,43+;27-,28+,30-,31+,32-,33-,36+,37-,38-,39+;4-,5-;;/m1110../s1. The zero-order chi connectivity index (χ0) is 103. The first-order chi connectivity index (χ1) is 69.3. The van der Waals surface area contributed by atoms with Crippen LogP contribution in [0.1, 0.15) is 375 Å². The number of hydrogen-bond acceptors (Lipinski definition) is 14. The summed E-state index contributed by atoms with van der Waals surface area (Å²) in [5, 5.41) is 21.6. The van der Waals surface area contributed by atoms with Crippen molar-refractivity contribution in [3.8, 4) is 0 Å². The number of likely N-dealkylation sites (tertiary alicyclic amines) is 2. The van der Waals surface area contributed by atoms with E-state index in [-0.39, 0.29) is 84.0 Å². The highest BCUT2D eigenvalue weighted by Crippen LogP contribution is 2.82. The summed E-state index contributed by atoms with van der Waals surface area (Å²) in [6, 6.07) is 2.00. The molecule has 7 aliphatic heterocycles. The van der Waals surface area contributed by atoms with E-state index in [9.17, 15) is 19.5 Å². The molecule has 15 nitrogen and oxygen atoms in total. The monoisotopic (exact) mass is 2070 g/mol. The molecule has 0 aromatic heterocycles. The Hall–Kier alpha value is -3.59. The fraction of sp³-hybridized carbons (Fsp3) is 0.840. The van der Waals surface area contributed by atoms with Crippen LogP contribution in [0.5, 0.6) is 0 Å². The lowest BCUT2D eigenvalue weighted by atomic mass is 9.33. The van der Waals surface area contributed by atoms with Crippen molar-refractivity contribution >= 4 is 44.9 Å². The summed E-state index contributed by atoms with van der Waals surface area (Å²) in [7, 11) is 3.06. The highest BCUT2D eigenvalue weighted by atomic mass is 32.1. The number of carbonyl (C=O) groups is 3. The Morgan fingerprint density at radius 3 is 1.07 bits per heavy atom. The van der Waals surface area contributed by atoms with Crippen LogP contribution in [0, 0.1) is 172 Å². The lowest BCUT2D eigenvalue weighted by Gasteiger charge is -2.72. The van der Waals surface area contributed by atoms with E-state index in [0.29, 0.717) is 133 Å². The number of carbonyl (C=O) groups excluding carboxylic acids is 2. The molecule has 0 aromatic carbocycles. The van der Waals surface area contributed by atoms with E-state index in [0.717, 1.165) is 157 Å². The summed E-state index contributed by atoms with van der Waals surface area (Å²) in [5.74, 6) is 10.2. The molecule has 25 rings (SSSR count). The van der Waals surface area contributed by atoms with Gasteiger partial charge in [-0.1, -0.05) is 177 Å². The van der Waals surface area contributed by atoms with Gasteiger partial charge in [0.15, 0.2) is 0 Å². The van der Waals surface area contributed by atoms with Crippen LogP contribution in [-0.4, -0.2) is 184 Å². The molecule has 0 amide bonds. The number of rotatable bonds is 18. The highest BCUT2D eigenvalue weighted by molar-refractivity contribution is 7.59. The molecular weight excluding hydrogens is 1870 g/mol. The van der Waals surface area contributed by atoms with Gasteiger partial charge in [0.2, 0.25) is 0 Å². The van der Waals surface area contributed by atoms with Crippen molar-refractivity contribution in [3.05, 3.63) is 106 Å². The van der Waals surface area contributed by atoms with Crippen LogP contribution in [-0.2, 0) is 38.1 Å². The molecule has 826 valence electrons. The fourth-order valence-corrected chi connectivity index (χ4v) is 45.4. The molecule has 0 spiro atoms. The number of methoxy groups -OCH3 is 2. The van der Waals surface area contributed by atoms with Gasteiger partial charge in [-0.25, -0.2) is 0 Å². The van der Waals surface area contributed by atoms with Gasteiger partial charge in [-0.3, -0.25) is 29.1 Å². The average molecular weight is 2070 g/mol. The van der Waals surface area contributed by atoms with E-state index in [2.05, 4.69) is 211 Å². The SMILES string of the molecule is C1O[C@@H]2CN[C@H]1C2.C=C(C)[C@@H]1CC[C@]2(N3CC3)CC[C@]3(C)[C@H](CC[C@@H]4[C@@]5(C)CC=C(C6=CC[C@@H](C(=O)OC)CC6)C(C)(C)[C@@H]5CC[C@]43C)[C@@H]12.C=C(C)[C@@H]1CC[C@]2(NCCN3C[C@@H]4C[C@H]3CO4)CC[C@]3(C)[C@H](CC[C@@H]4[C@@]5(C)CC=C(C6=CC[C@@H](C(=O)O)CC6)C(C)(C)[C@@H]5CC[C@]43C)[C@@H]12.C=C(C)[C@@H]1CC[C@]2(NCCN3C[C@@H]4C[C@H]3CO4)CC[C@]3(C)[C@H](CC[C@@H]4[C@@]5(C)CC=C(C6=CC[C@@H](C(=O)OC)CC6)C(C)(C)[C@@H]5CC[C@]43C)[C@@H]12.S.S. The van der Waals surface area contributed by atoms with E-state index in [1.807, 2.05) is 0 Å². The number of hydrogen-bond donors (Lipinski definition) is 4. The van der Waals surface area contributed by atoms with E-state index in [1.54, 1.807) is 16.7 Å². The van der Waals surface area contributed by atoms with Crippen LogP contribution in [0.4, 0.5) is 0 Å². The number of carboxylic acids is 1. The molecule has 0 aromatic rings. The van der Waals surface area contributed by atoms with Crippen molar-refractivity contribution in [3.63, 3.8) is 0 Å². The predicted octanol–water partition coefficient (Wildman–Crippen LogP) is 26.8. The molecule has 12 saturated carbocycles. The zero-order valence-electron chi connectivity index (χ0n) is 96.6. The Bertz CT molecular complexity index is 5210.